The van der Waals surface area contributed by atoms with Gasteiger partial charge in [-0.15, -0.1) is 0 Å². The Balaban J connectivity index is 1.57. The lowest BCUT2D eigenvalue weighted by Gasteiger charge is -2.07. The number of aromatic nitrogens is 1. The van der Waals surface area contributed by atoms with Crippen molar-refractivity contribution in [2.45, 2.75) is 12.8 Å². The van der Waals surface area contributed by atoms with Gasteiger partial charge in [-0.1, -0.05) is 18.2 Å². The number of amides is 1. The average molecular weight is 357 g/mol. The lowest BCUT2D eigenvalue weighted by Crippen LogP contribution is -2.13. The van der Waals surface area contributed by atoms with Crippen LogP contribution in [0.2, 0.25) is 0 Å². The molecule has 0 aliphatic heterocycles. The van der Waals surface area contributed by atoms with Crippen molar-refractivity contribution in [2.24, 2.45) is 0 Å². The molecule has 0 saturated heterocycles. The summed E-state index contributed by atoms with van der Waals surface area (Å²) in [5.74, 6) is -0.0888. The molecule has 0 unspecified atom stereocenters. The second-order valence-electron chi connectivity index (χ2n) is 5.86. The molecule has 1 aromatic heterocycles. The van der Waals surface area contributed by atoms with E-state index in [0.717, 1.165) is 22.7 Å². The van der Waals surface area contributed by atoms with E-state index in [4.69, 9.17) is 0 Å². The number of benzene rings is 2. The van der Waals surface area contributed by atoms with Gasteiger partial charge in [0, 0.05) is 34.9 Å². The zero-order valence-corrected chi connectivity index (χ0v) is 14.6. The van der Waals surface area contributed by atoms with Crippen LogP contribution in [0, 0.1) is 0 Å². The number of fused-ring (bicyclic) bond motifs is 1. The Labute approximate surface area is 146 Å². The summed E-state index contributed by atoms with van der Waals surface area (Å²) in [7, 11) is -3.31. The maximum absolute atomic E-state index is 12.1. The van der Waals surface area contributed by atoms with Gasteiger partial charge in [-0.3, -0.25) is 9.52 Å². The zero-order valence-electron chi connectivity index (χ0n) is 13.7. The SMILES string of the molecule is CS(=O)(=O)Nc1ccc(NC(=O)CCc2c[nH]c3ccccc23)cc1. The van der Waals surface area contributed by atoms with Crippen molar-refractivity contribution in [1.29, 1.82) is 0 Å². The molecule has 3 N–H and O–H groups in total. The summed E-state index contributed by atoms with van der Waals surface area (Å²) in [4.78, 5) is 15.3. The van der Waals surface area contributed by atoms with Crippen molar-refractivity contribution >= 4 is 38.2 Å². The number of carbonyl (C=O) groups is 1. The minimum atomic E-state index is -3.31. The van der Waals surface area contributed by atoms with Crippen LogP contribution in [0.5, 0.6) is 0 Å². The summed E-state index contributed by atoms with van der Waals surface area (Å²) in [5.41, 5.74) is 3.26. The zero-order chi connectivity index (χ0) is 17.9. The number of rotatable bonds is 6. The van der Waals surface area contributed by atoms with Crippen LogP contribution in [0.4, 0.5) is 11.4 Å². The number of hydrogen-bond acceptors (Lipinski definition) is 3. The Morgan fingerprint density at radius 3 is 2.44 bits per heavy atom. The monoisotopic (exact) mass is 357 g/mol. The summed E-state index contributed by atoms with van der Waals surface area (Å²) in [6.45, 7) is 0. The maximum atomic E-state index is 12.1. The molecule has 2 aromatic carbocycles. The van der Waals surface area contributed by atoms with Gasteiger partial charge in [0.1, 0.15) is 0 Å². The highest BCUT2D eigenvalue weighted by molar-refractivity contribution is 7.92. The summed E-state index contributed by atoms with van der Waals surface area (Å²) in [6.07, 6.45) is 4.03. The number of aryl methyl sites for hydroxylation is 1. The molecule has 3 aromatic rings. The van der Waals surface area contributed by atoms with E-state index < -0.39 is 10.0 Å². The minimum absolute atomic E-state index is 0.0888. The Kier molecular flexibility index (Phi) is 4.76. The summed E-state index contributed by atoms with van der Waals surface area (Å²) in [5, 5.41) is 3.95. The van der Waals surface area contributed by atoms with Crippen LogP contribution in [-0.2, 0) is 21.2 Å². The maximum Gasteiger partial charge on any atom is 0.229 e. The van der Waals surface area contributed by atoms with E-state index >= 15 is 0 Å². The number of aromatic amines is 1. The molecule has 0 radical (unpaired) electrons. The molecule has 0 spiro atoms. The van der Waals surface area contributed by atoms with E-state index in [0.29, 0.717) is 24.2 Å². The van der Waals surface area contributed by atoms with Gasteiger partial charge in [-0.2, -0.15) is 0 Å². The molecule has 6 nitrogen and oxygen atoms in total. The first-order valence-electron chi connectivity index (χ1n) is 7.83. The number of H-pyrrole nitrogens is 1. The van der Waals surface area contributed by atoms with Crippen molar-refractivity contribution in [3.05, 3.63) is 60.3 Å². The molecular weight excluding hydrogens is 338 g/mol. The second kappa shape index (κ2) is 6.98. The molecule has 25 heavy (non-hydrogen) atoms. The van der Waals surface area contributed by atoms with Gasteiger partial charge in [-0.25, -0.2) is 8.42 Å². The molecule has 0 bridgehead atoms. The Morgan fingerprint density at radius 2 is 1.72 bits per heavy atom. The molecule has 1 amide bonds. The highest BCUT2D eigenvalue weighted by atomic mass is 32.2. The lowest BCUT2D eigenvalue weighted by atomic mass is 10.1. The van der Waals surface area contributed by atoms with Crippen molar-refractivity contribution in [2.75, 3.05) is 16.3 Å². The Bertz CT molecular complexity index is 992. The molecule has 0 aliphatic rings. The first-order valence-corrected chi connectivity index (χ1v) is 9.72. The second-order valence-corrected chi connectivity index (χ2v) is 7.61. The van der Waals surface area contributed by atoms with Crippen LogP contribution < -0.4 is 10.0 Å². The van der Waals surface area contributed by atoms with Crippen LogP contribution in [-0.4, -0.2) is 25.6 Å². The first kappa shape index (κ1) is 17.0. The fraction of sp³-hybridized carbons (Fsp3) is 0.167. The van der Waals surface area contributed by atoms with Crippen molar-refractivity contribution in [3.8, 4) is 0 Å². The topological polar surface area (TPSA) is 91.1 Å². The number of nitrogens with one attached hydrogen (secondary N) is 3. The number of anilines is 2. The quantitative estimate of drug-likeness (QED) is 0.633. The number of para-hydroxylation sites is 1. The van der Waals surface area contributed by atoms with Gasteiger partial charge in [0.05, 0.1) is 6.26 Å². The third-order valence-electron chi connectivity index (χ3n) is 3.77. The van der Waals surface area contributed by atoms with E-state index in [9.17, 15) is 13.2 Å². The van der Waals surface area contributed by atoms with Crippen molar-refractivity contribution in [3.63, 3.8) is 0 Å². The molecular formula is C18H19N3O3S. The molecule has 130 valence electrons. The Hall–Kier alpha value is -2.80. The molecule has 7 heteroatoms. The number of sulfonamides is 1. The van der Waals surface area contributed by atoms with Crippen LogP contribution in [0.1, 0.15) is 12.0 Å². The lowest BCUT2D eigenvalue weighted by molar-refractivity contribution is -0.116. The highest BCUT2D eigenvalue weighted by Crippen LogP contribution is 2.19. The third kappa shape index (κ3) is 4.60. The van der Waals surface area contributed by atoms with Crippen LogP contribution in [0.3, 0.4) is 0 Å². The van der Waals surface area contributed by atoms with Crippen molar-refractivity contribution in [1.82, 2.24) is 4.98 Å². The predicted molar refractivity (Wildman–Crippen MR) is 100 cm³/mol. The van der Waals surface area contributed by atoms with E-state index in [-0.39, 0.29) is 5.91 Å². The smallest absolute Gasteiger partial charge is 0.229 e. The van der Waals surface area contributed by atoms with E-state index in [1.54, 1.807) is 24.3 Å². The fourth-order valence-electron chi connectivity index (χ4n) is 2.65. The molecule has 0 fully saturated rings. The van der Waals surface area contributed by atoms with Gasteiger partial charge in [-0.05, 0) is 42.3 Å². The van der Waals surface area contributed by atoms with Crippen LogP contribution >= 0.6 is 0 Å². The Morgan fingerprint density at radius 1 is 1.04 bits per heavy atom. The average Bonchev–Trinajstić information content (AvgIpc) is 2.97. The van der Waals surface area contributed by atoms with Crippen LogP contribution in [0.15, 0.2) is 54.7 Å². The first-order chi connectivity index (χ1) is 11.9. The van der Waals surface area contributed by atoms with Gasteiger partial charge >= 0.3 is 0 Å². The minimum Gasteiger partial charge on any atom is -0.361 e. The molecule has 3 rings (SSSR count). The standard InChI is InChI=1S/C18H19N3O3S/c1-25(23,24)21-15-9-7-14(8-10-15)20-18(22)11-6-13-12-19-17-5-3-2-4-16(13)17/h2-5,7-10,12,19,21H,6,11H2,1H3,(H,20,22). The summed E-state index contributed by atoms with van der Waals surface area (Å²) in [6, 6.07) is 14.5. The molecule has 0 atom stereocenters. The number of carbonyl (C=O) groups excluding carboxylic acids is 1. The van der Waals surface area contributed by atoms with E-state index in [2.05, 4.69) is 15.0 Å². The van der Waals surface area contributed by atoms with Crippen LogP contribution in [0.25, 0.3) is 10.9 Å². The van der Waals surface area contributed by atoms with Gasteiger partial charge < -0.3 is 10.3 Å². The third-order valence-corrected chi connectivity index (χ3v) is 4.37. The predicted octanol–water partition coefficient (Wildman–Crippen LogP) is 3.11. The van der Waals surface area contributed by atoms with Gasteiger partial charge in [0.25, 0.3) is 0 Å². The highest BCUT2D eigenvalue weighted by Gasteiger charge is 2.08. The summed E-state index contributed by atoms with van der Waals surface area (Å²) >= 11 is 0. The summed E-state index contributed by atoms with van der Waals surface area (Å²) < 4.78 is 24.7. The van der Waals surface area contributed by atoms with Gasteiger partial charge in [0.15, 0.2) is 0 Å². The van der Waals surface area contributed by atoms with Crippen molar-refractivity contribution < 1.29 is 13.2 Å². The number of hydrogen-bond donors (Lipinski definition) is 3. The molecule has 0 saturated carbocycles. The van der Waals surface area contributed by atoms with E-state index in [1.165, 1.54) is 0 Å². The van der Waals surface area contributed by atoms with E-state index in [1.807, 2.05) is 30.5 Å². The fourth-order valence-corrected chi connectivity index (χ4v) is 3.21. The largest absolute Gasteiger partial charge is 0.361 e. The van der Waals surface area contributed by atoms with Gasteiger partial charge in [0.2, 0.25) is 15.9 Å². The normalized spacial score (nSPS) is 11.4. The molecule has 1 heterocycles. The molecule has 0 aliphatic carbocycles.